The third-order valence-electron chi connectivity index (χ3n) is 3.77. The van der Waals surface area contributed by atoms with Crippen LogP contribution in [0.25, 0.3) is 11.4 Å². The number of unbranched alkanes of at least 4 members (excludes halogenated alkanes) is 3. The molecular weight excluding hydrogens is 302 g/mol. The Morgan fingerprint density at radius 3 is 2.79 bits per heavy atom. The zero-order valence-corrected chi connectivity index (χ0v) is 14.5. The summed E-state index contributed by atoms with van der Waals surface area (Å²) >= 11 is 0. The number of nitrogens with zero attached hydrogens (tertiary/aromatic N) is 3. The number of hydrogen-bond donors (Lipinski definition) is 2. The first-order valence-corrected chi connectivity index (χ1v) is 8.63. The molecule has 0 aliphatic rings. The van der Waals surface area contributed by atoms with Crippen LogP contribution in [0, 0.1) is 0 Å². The molecule has 2 rings (SSSR count). The zero-order chi connectivity index (χ0) is 17.2. The fourth-order valence-electron chi connectivity index (χ4n) is 2.28. The first kappa shape index (κ1) is 18.0. The summed E-state index contributed by atoms with van der Waals surface area (Å²) in [6.45, 7) is 5.58. The van der Waals surface area contributed by atoms with Crippen molar-refractivity contribution in [1.29, 1.82) is 0 Å². The van der Waals surface area contributed by atoms with Crippen molar-refractivity contribution in [2.75, 3.05) is 13.1 Å². The number of hydrogen-bond acceptors (Lipinski definition) is 4. The van der Waals surface area contributed by atoms with E-state index in [1.54, 1.807) is 0 Å². The minimum absolute atomic E-state index is 0.0235. The molecule has 3 N–H and O–H groups in total. The molecule has 24 heavy (non-hydrogen) atoms. The van der Waals surface area contributed by atoms with Gasteiger partial charge in [-0.1, -0.05) is 68.6 Å². The number of rotatable bonds is 9. The van der Waals surface area contributed by atoms with Crippen LogP contribution in [0.2, 0.25) is 0 Å². The van der Waals surface area contributed by atoms with Crippen LogP contribution in [0.1, 0.15) is 51.3 Å². The van der Waals surface area contributed by atoms with Gasteiger partial charge >= 0.3 is 0 Å². The molecule has 0 spiro atoms. The molecule has 2 aromatic rings. The molecule has 1 aromatic heterocycles. The molecule has 6 heteroatoms. The van der Waals surface area contributed by atoms with Crippen molar-refractivity contribution < 1.29 is 4.52 Å². The lowest BCUT2D eigenvalue weighted by atomic mass is 10.2. The average Bonchev–Trinajstić information content (AvgIpc) is 3.10. The van der Waals surface area contributed by atoms with Crippen molar-refractivity contribution in [1.82, 2.24) is 15.5 Å². The predicted molar refractivity (Wildman–Crippen MR) is 96.8 cm³/mol. The lowest BCUT2D eigenvalue weighted by Crippen LogP contribution is -2.32. The van der Waals surface area contributed by atoms with Gasteiger partial charge in [-0.05, 0) is 6.42 Å². The monoisotopic (exact) mass is 329 g/mol. The molecule has 0 saturated carbocycles. The summed E-state index contributed by atoms with van der Waals surface area (Å²) in [6, 6.07) is 9.77. The minimum Gasteiger partial charge on any atom is -0.370 e. The van der Waals surface area contributed by atoms with Crippen LogP contribution in [0.4, 0.5) is 0 Å². The van der Waals surface area contributed by atoms with Gasteiger partial charge in [0.05, 0.1) is 12.5 Å². The van der Waals surface area contributed by atoms with Crippen molar-refractivity contribution in [3.63, 3.8) is 0 Å². The molecule has 6 nitrogen and oxygen atoms in total. The Kier molecular flexibility index (Phi) is 7.26. The summed E-state index contributed by atoms with van der Waals surface area (Å²) in [5.41, 5.74) is 6.82. The SMILES string of the molecule is CCCCCCNC(N)=NCC(C)c1nc(-c2ccccc2)no1. The molecular formula is C18H27N5O. The number of benzene rings is 1. The van der Waals surface area contributed by atoms with Crippen LogP contribution >= 0.6 is 0 Å². The van der Waals surface area contributed by atoms with Gasteiger partial charge in [-0.15, -0.1) is 0 Å². The first-order valence-electron chi connectivity index (χ1n) is 8.63. The Bertz CT molecular complexity index is 623. The van der Waals surface area contributed by atoms with Gasteiger partial charge in [-0.3, -0.25) is 4.99 Å². The number of nitrogens with two attached hydrogens (primary N) is 1. The maximum absolute atomic E-state index is 5.88. The molecule has 1 aromatic carbocycles. The largest absolute Gasteiger partial charge is 0.370 e. The maximum Gasteiger partial charge on any atom is 0.231 e. The summed E-state index contributed by atoms with van der Waals surface area (Å²) in [5, 5.41) is 7.17. The van der Waals surface area contributed by atoms with Gasteiger partial charge in [0.15, 0.2) is 5.96 Å². The fourth-order valence-corrected chi connectivity index (χ4v) is 2.28. The topological polar surface area (TPSA) is 89.3 Å². The second-order valence-corrected chi connectivity index (χ2v) is 5.94. The van der Waals surface area contributed by atoms with E-state index in [4.69, 9.17) is 10.3 Å². The number of nitrogens with one attached hydrogen (secondary N) is 1. The van der Waals surface area contributed by atoms with Crippen LogP contribution in [-0.2, 0) is 0 Å². The number of aliphatic imine (C=N–C) groups is 1. The summed E-state index contributed by atoms with van der Waals surface area (Å²) in [6.07, 6.45) is 4.83. The van der Waals surface area contributed by atoms with Gasteiger partial charge in [-0.25, -0.2) is 0 Å². The standard InChI is InChI=1S/C18H27N5O/c1-3-4-5-9-12-20-18(19)21-13-14(2)17-22-16(23-24-17)15-10-7-6-8-11-15/h6-8,10-11,14H,3-5,9,12-13H2,1-2H3,(H3,19,20,21). The molecule has 0 bridgehead atoms. The van der Waals surface area contributed by atoms with Gasteiger partial charge in [0.2, 0.25) is 11.7 Å². The Morgan fingerprint density at radius 1 is 1.25 bits per heavy atom. The molecule has 0 amide bonds. The highest BCUT2D eigenvalue weighted by molar-refractivity contribution is 5.77. The van der Waals surface area contributed by atoms with E-state index in [9.17, 15) is 0 Å². The van der Waals surface area contributed by atoms with Gasteiger partial charge in [0.1, 0.15) is 0 Å². The summed E-state index contributed by atoms with van der Waals surface area (Å²) in [7, 11) is 0. The highest BCUT2D eigenvalue weighted by Crippen LogP contribution is 2.19. The predicted octanol–water partition coefficient (Wildman–Crippen LogP) is 3.32. The molecule has 0 radical (unpaired) electrons. The van der Waals surface area contributed by atoms with E-state index in [1.807, 2.05) is 37.3 Å². The van der Waals surface area contributed by atoms with Gasteiger partial charge in [0.25, 0.3) is 0 Å². The highest BCUT2D eigenvalue weighted by atomic mass is 16.5. The molecule has 1 unspecified atom stereocenters. The first-order chi connectivity index (χ1) is 11.7. The van der Waals surface area contributed by atoms with Crippen molar-refractivity contribution in [3.05, 3.63) is 36.2 Å². The maximum atomic E-state index is 5.88. The third-order valence-corrected chi connectivity index (χ3v) is 3.77. The molecule has 0 saturated heterocycles. The van der Waals surface area contributed by atoms with Gasteiger partial charge in [-0.2, -0.15) is 4.98 Å². The van der Waals surface area contributed by atoms with Crippen LogP contribution in [-0.4, -0.2) is 29.2 Å². The summed E-state index contributed by atoms with van der Waals surface area (Å²) < 4.78 is 5.35. The van der Waals surface area contributed by atoms with Crippen molar-refractivity contribution >= 4 is 5.96 Å². The lowest BCUT2D eigenvalue weighted by molar-refractivity contribution is 0.361. The molecule has 1 heterocycles. The second-order valence-electron chi connectivity index (χ2n) is 5.94. The minimum atomic E-state index is 0.0235. The third kappa shape index (κ3) is 5.68. The fraction of sp³-hybridized carbons (Fsp3) is 0.500. The van der Waals surface area contributed by atoms with Crippen LogP contribution < -0.4 is 11.1 Å². The van der Waals surface area contributed by atoms with Crippen molar-refractivity contribution in [3.8, 4) is 11.4 Å². The van der Waals surface area contributed by atoms with E-state index in [0.29, 0.717) is 24.2 Å². The van der Waals surface area contributed by atoms with E-state index in [0.717, 1.165) is 18.5 Å². The number of guanidine groups is 1. The van der Waals surface area contributed by atoms with Gasteiger partial charge in [0, 0.05) is 12.1 Å². The zero-order valence-electron chi connectivity index (χ0n) is 14.5. The van der Waals surface area contributed by atoms with Gasteiger partial charge < -0.3 is 15.6 Å². The van der Waals surface area contributed by atoms with Crippen molar-refractivity contribution in [2.45, 2.75) is 45.4 Å². The lowest BCUT2D eigenvalue weighted by Gasteiger charge is -2.07. The Hall–Kier alpha value is -2.37. The van der Waals surface area contributed by atoms with E-state index in [2.05, 4.69) is 27.4 Å². The molecule has 130 valence electrons. The molecule has 0 fully saturated rings. The van der Waals surface area contributed by atoms with Crippen LogP contribution in [0.15, 0.2) is 39.8 Å². The summed E-state index contributed by atoms with van der Waals surface area (Å²) in [4.78, 5) is 8.80. The highest BCUT2D eigenvalue weighted by Gasteiger charge is 2.14. The Morgan fingerprint density at radius 2 is 2.04 bits per heavy atom. The summed E-state index contributed by atoms with van der Waals surface area (Å²) in [5.74, 6) is 1.67. The molecule has 0 aliphatic carbocycles. The molecule has 0 aliphatic heterocycles. The van der Waals surface area contributed by atoms with Crippen LogP contribution in [0.3, 0.4) is 0 Å². The Labute approximate surface area is 143 Å². The van der Waals surface area contributed by atoms with E-state index in [1.165, 1.54) is 19.3 Å². The number of aromatic nitrogens is 2. The molecule has 1 atom stereocenters. The van der Waals surface area contributed by atoms with E-state index < -0.39 is 0 Å². The van der Waals surface area contributed by atoms with Crippen LogP contribution in [0.5, 0.6) is 0 Å². The smallest absolute Gasteiger partial charge is 0.231 e. The van der Waals surface area contributed by atoms with E-state index in [-0.39, 0.29) is 5.92 Å². The quantitative estimate of drug-likeness (QED) is 0.418. The normalized spacial score (nSPS) is 13.0. The van der Waals surface area contributed by atoms with E-state index >= 15 is 0 Å². The van der Waals surface area contributed by atoms with Crippen molar-refractivity contribution in [2.24, 2.45) is 10.7 Å². The second kappa shape index (κ2) is 9.70. The average molecular weight is 329 g/mol. The Balaban J connectivity index is 1.81.